The highest BCUT2D eigenvalue weighted by molar-refractivity contribution is 5.94. The maximum absolute atomic E-state index is 13.9. The summed E-state index contributed by atoms with van der Waals surface area (Å²) in [6.07, 6.45) is 3.75. The van der Waals surface area contributed by atoms with Gasteiger partial charge in [0, 0.05) is 36.2 Å². The SMILES string of the molecule is O=C(OCc1cc(=O)oc2cc3c(cc12)CCC3)C1CCN(C(=O)c2ccc(F)cc2F)CC1. The Labute approximate surface area is 194 Å². The molecule has 2 aromatic carbocycles. The Morgan fingerprint density at radius 3 is 2.50 bits per heavy atom. The van der Waals surface area contributed by atoms with E-state index in [2.05, 4.69) is 0 Å². The molecule has 1 aliphatic carbocycles. The summed E-state index contributed by atoms with van der Waals surface area (Å²) in [5.74, 6) is -2.99. The van der Waals surface area contributed by atoms with Gasteiger partial charge in [0.25, 0.3) is 5.91 Å². The summed E-state index contributed by atoms with van der Waals surface area (Å²) >= 11 is 0. The molecule has 1 amide bonds. The van der Waals surface area contributed by atoms with Gasteiger partial charge >= 0.3 is 11.6 Å². The lowest BCUT2D eigenvalue weighted by Gasteiger charge is -2.31. The average molecular weight is 467 g/mol. The van der Waals surface area contributed by atoms with Crippen molar-refractivity contribution in [3.05, 3.63) is 80.7 Å². The van der Waals surface area contributed by atoms with E-state index in [0.717, 1.165) is 36.8 Å². The number of benzene rings is 2. The van der Waals surface area contributed by atoms with Crippen molar-refractivity contribution in [2.75, 3.05) is 13.1 Å². The van der Waals surface area contributed by atoms with Crippen LogP contribution in [0, 0.1) is 17.6 Å². The van der Waals surface area contributed by atoms with Crippen LogP contribution in [0.4, 0.5) is 8.78 Å². The number of aryl methyl sites for hydroxylation is 2. The van der Waals surface area contributed by atoms with Gasteiger partial charge in [-0.2, -0.15) is 0 Å². The number of nitrogens with zero attached hydrogens (tertiary/aromatic N) is 1. The van der Waals surface area contributed by atoms with Crippen LogP contribution in [-0.4, -0.2) is 29.9 Å². The molecule has 0 N–H and O–H groups in total. The third kappa shape index (κ3) is 4.32. The van der Waals surface area contributed by atoms with Crippen molar-refractivity contribution in [1.29, 1.82) is 0 Å². The van der Waals surface area contributed by atoms with Gasteiger partial charge in [-0.3, -0.25) is 9.59 Å². The van der Waals surface area contributed by atoms with E-state index in [0.29, 0.717) is 30.1 Å². The number of carbonyl (C=O) groups excluding carboxylic acids is 2. The minimum atomic E-state index is -0.906. The number of piperidine rings is 1. The molecule has 1 saturated heterocycles. The third-order valence-electron chi connectivity index (χ3n) is 6.69. The molecule has 5 rings (SSSR count). The van der Waals surface area contributed by atoms with Crippen LogP contribution < -0.4 is 5.63 Å². The Kier molecular flexibility index (Phi) is 5.89. The molecule has 34 heavy (non-hydrogen) atoms. The number of rotatable bonds is 4. The molecule has 0 spiro atoms. The van der Waals surface area contributed by atoms with Gasteiger partial charge in [-0.05, 0) is 67.5 Å². The van der Waals surface area contributed by atoms with Crippen LogP contribution in [0.5, 0.6) is 0 Å². The zero-order valence-electron chi connectivity index (χ0n) is 18.4. The zero-order chi connectivity index (χ0) is 23.8. The number of ether oxygens (including phenoxy) is 1. The molecule has 2 aliphatic rings. The first kappa shape index (κ1) is 22.3. The summed E-state index contributed by atoms with van der Waals surface area (Å²) in [4.78, 5) is 38.7. The molecule has 0 atom stereocenters. The Hall–Kier alpha value is -3.55. The van der Waals surface area contributed by atoms with Gasteiger partial charge in [0.1, 0.15) is 23.8 Å². The molecule has 6 nitrogen and oxygen atoms in total. The lowest BCUT2D eigenvalue weighted by atomic mass is 9.96. The molecule has 0 saturated carbocycles. The highest BCUT2D eigenvalue weighted by atomic mass is 19.1. The summed E-state index contributed by atoms with van der Waals surface area (Å²) in [6, 6.07) is 8.13. The van der Waals surface area contributed by atoms with E-state index >= 15 is 0 Å². The number of halogens is 2. The molecule has 3 aromatic rings. The summed E-state index contributed by atoms with van der Waals surface area (Å²) in [7, 11) is 0. The van der Waals surface area contributed by atoms with Crippen molar-refractivity contribution >= 4 is 22.8 Å². The standard InChI is InChI=1S/C26H23F2NO5/c27-19-4-5-20(22(28)13-19)25(31)29-8-6-15(7-9-29)26(32)33-14-18-12-24(30)34-23-11-17-3-1-2-16(17)10-21(18)23/h4-5,10-13,15H,1-3,6-9,14H2. The van der Waals surface area contributed by atoms with E-state index in [-0.39, 0.29) is 25.3 Å². The minimum Gasteiger partial charge on any atom is -0.461 e. The fraction of sp³-hybridized carbons (Fsp3) is 0.346. The van der Waals surface area contributed by atoms with Gasteiger partial charge in [-0.1, -0.05) is 0 Å². The molecule has 1 fully saturated rings. The number of likely N-dealkylation sites (tertiary alicyclic amines) is 1. The molecular weight excluding hydrogens is 444 g/mol. The van der Waals surface area contributed by atoms with Crippen LogP contribution in [0.3, 0.4) is 0 Å². The largest absolute Gasteiger partial charge is 0.461 e. The molecule has 0 radical (unpaired) electrons. The van der Waals surface area contributed by atoms with Gasteiger partial charge < -0.3 is 14.1 Å². The van der Waals surface area contributed by atoms with Gasteiger partial charge in [-0.15, -0.1) is 0 Å². The third-order valence-corrected chi connectivity index (χ3v) is 6.69. The van der Waals surface area contributed by atoms with Crippen molar-refractivity contribution in [2.24, 2.45) is 5.92 Å². The predicted molar refractivity (Wildman–Crippen MR) is 119 cm³/mol. The number of hydrogen-bond acceptors (Lipinski definition) is 5. The average Bonchev–Trinajstić information content (AvgIpc) is 3.28. The molecular formula is C26H23F2NO5. The van der Waals surface area contributed by atoms with E-state index in [9.17, 15) is 23.2 Å². The molecule has 0 unspecified atom stereocenters. The molecule has 1 aliphatic heterocycles. The highest BCUT2D eigenvalue weighted by Gasteiger charge is 2.30. The quantitative estimate of drug-likeness (QED) is 0.426. The van der Waals surface area contributed by atoms with E-state index in [1.54, 1.807) is 0 Å². The van der Waals surface area contributed by atoms with Gasteiger partial charge in [0.15, 0.2) is 0 Å². The van der Waals surface area contributed by atoms with Crippen molar-refractivity contribution in [3.8, 4) is 0 Å². The first-order chi connectivity index (χ1) is 16.4. The summed E-state index contributed by atoms with van der Waals surface area (Å²) in [5.41, 5.74) is 2.84. The monoisotopic (exact) mass is 467 g/mol. The van der Waals surface area contributed by atoms with Crippen molar-refractivity contribution in [3.63, 3.8) is 0 Å². The molecule has 2 heterocycles. The van der Waals surface area contributed by atoms with Crippen LogP contribution in [0.15, 0.2) is 45.6 Å². The Morgan fingerprint density at radius 1 is 1.03 bits per heavy atom. The fourth-order valence-electron chi connectivity index (χ4n) is 4.83. The van der Waals surface area contributed by atoms with E-state index < -0.39 is 35.1 Å². The number of hydrogen-bond donors (Lipinski definition) is 0. The second kappa shape index (κ2) is 9.00. The smallest absolute Gasteiger partial charge is 0.336 e. The van der Waals surface area contributed by atoms with Crippen LogP contribution in [-0.2, 0) is 29.0 Å². The second-order valence-corrected chi connectivity index (χ2v) is 8.86. The van der Waals surface area contributed by atoms with Crippen LogP contribution in [0.2, 0.25) is 0 Å². The summed E-state index contributed by atoms with van der Waals surface area (Å²) in [5, 5.41) is 0.773. The lowest BCUT2D eigenvalue weighted by molar-refractivity contribution is -0.151. The maximum atomic E-state index is 13.9. The number of esters is 1. The minimum absolute atomic E-state index is 0.0420. The summed E-state index contributed by atoms with van der Waals surface area (Å²) < 4.78 is 38.0. The van der Waals surface area contributed by atoms with Gasteiger partial charge in [-0.25, -0.2) is 13.6 Å². The first-order valence-corrected chi connectivity index (χ1v) is 11.4. The van der Waals surface area contributed by atoms with Crippen molar-refractivity contribution in [1.82, 2.24) is 4.90 Å². The predicted octanol–water partition coefficient (Wildman–Crippen LogP) is 4.16. The normalized spacial score (nSPS) is 16.0. The van der Waals surface area contributed by atoms with Gasteiger partial charge in [0.2, 0.25) is 0 Å². The fourth-order valence-corrected chi connectivity index (χ4v) is 4.83. The molecule has 0 bridgehead atoms. The van der Waals surface area contributed by atoms with E-state index in [1.807, 2.05) is 12.1 Å². The topological polar surface area (TPSA) is 76.8 Å². The van der Waals surface area contributed by atoms with E-state index in [1.165, 1.54) is 22.1 Å². The number of amides is 1. The van der Waals surface area contributed by atoms with Gasteiger partial charge in [0.05, 0.1) is 11.5 Å². The Balaban J connectivity index is 1.22. The van der Waals surface area contributed by atoms with Crippen LogP contribution >= 0.6 is 0 Å². The highest BCUT2D eigenvalue weighted by Crippen LogP contribution is 2.29. The van der Waals surface area contributed by atoms with Crippen molar-refractivity contribution in [2.45, 2.75) is 38.7 Å². The maximum Gasteiger partial charge on any atom is 0.336 e. The van der Waals surface area contributed by atoms with Crippen LogP contribution in [0.1, 0.15) is 46.3 Å². The van der Waals surface area contributed by atoms with E-state index in [4.69, 9.17) is 9.15 Å². The zero-order valence-corrected chi connectivity index (χ0v) is 18.4. The first-order valence-electron chi connectivity index (χ1n) is 11.4. The summed E-state index contributed by atoms with van der Waals surface area (Å²) in [6.45, 7) is 0.485. The number of fused-ring (bicyclic) bond motifs is 2. The van der Waals surface area contributed by atoms with Crippen molar-refractivity contribution < 1.29 is 27.5 Å². The molecule has 1 aromatic heterocycles. The molecule has 8 heteroatoms. The second-order valence-electron chi connectivity index (χ2n) is 8.86. The Bertz CT molecular complexity index is 1340. The number of carbonyl (C=O) groups is 2. The lowest BCUT2D eigenvalue weighted by Crippen LogP contribution is -2.41. The Morgan fingerprint density at radius 2 is 1.76 bits per heavy atom. The molecule has 176 valence electrons. The van der Waals surface area contributed by atoms with Crippen LogP contribution in [0.25, 0.3) is 11.0 Å².